The highest BCUT2D eigenvalue weighted by molar-refractivity contribution is 7.89. The van der Waals surface area contributed by atoms with Gasteiger partial charge in [0.05, 0.1) is 11.7 Å². The number of aromatic nitrogens is 2. The third-order valence-electron chi connectivity index (χ3n) is 2.88. The lowest BCUT2D eigenvalue weighted by Crippen LogP contribution is -2.27. The van der Waals surface area contributed by atoms with Gasteiger partial charge in [-0.2, -0.15) is 5.10 Å². The second-order valence-corrected chi connectivity index (χ2v) is 6.91. The molecule has 3 N–H and O–H groups in total. The molecule has 19 heavy (non-hydrogen) atoms. The first-order chi connectivity index (χ1) is 8.83. The molecule has 0 aromatic carbocycles. The zero-order valence-electron chi connectivity index (χ0n) is 10.9. The largest absolute Gasteiger partial charge is 0.381 e. The van der Waals surface area contributed by atoms with Crippen molar-refractivity contribution in [1.82, 2.24) is 14.5 Å². The predicted octanol–water partition coefficient (Wildman–Crippen LogP) is 1.41. The van der Waals surface area contributed by atoms with Crippen LogP contribution in [0.25, 0.3) is 0 Å². The maximum Gasteiger partial charge on any atom is 0.246 e. The molecule has 0 aliphatic carbocycles. The van der Waals surface area contributed by atoms with Crippen LogP contribution in [0, 0.1) is 6.92 Å². The number of rotatable bonds is 4. The minimum Gasteiger partial charge on any atom is -0.381 e. The molecule has 0 spiro atoms. The van der Waals surface area contributed by atoms with Gasteiger partial charge in [0.25, 0.3) is 0 Å². The van der Waals surface area contributed by atoms with Crippen LogP contribution in [0.2, 0.25) is 0 Å². The molecule has 2 rings (SSSR count). The second kappa shape index (κ2) is 4.95. The van der Waals surface area contributed by atoms with Gasteiger partial charge < -0.3 is 5.73 Å². The average molecular weight is 300 g/mol. The van der Waals surface area contributed by atoms with Crippen molar-refractivity contribution in [3.05, 3.63) is 28.1 Å². The van der Waals surface area contributed by atoms with E-state index in [1.54, 1.807) is 20.9 Å². The van der Waals surface area contributed by atoms with Crippen molar-refractivity contribution in [3.63, 3.8) is 0 Å². The van der Waals surface area contributed by atoms with Gasteiger partial charge in [-0.25, -0.2) is 13.1 Å². The van der Waals surface area contributed by atoms with Crippen LogP contribution < -0.4 is 10.5 Å². The first-order valence-corrected chi connectivity index (χ1v) is 8.04. The van der Waals surface area contributed by atoms with E-state index in [2.05, 4.69) is 9.82 Å². The van der Waals surface area contributed by atoms with E-state index in [0.29, 0.717) is 5.69 Å². The molecule has 1 atom stereocenters. The van der Waals surface area contributed by atoms with Crippen LogP contribution in [0.15, 0.2) is 22.4 Å². The van der Waals surface area contributed by atoms with E-state index in [4.69, 9.17) is 5.73 Å². The zero-order chi connectivity index (χ0) is 14.2. The van der Waals surface area contributed by atoms with E-state index in [1.807, 2.05) is 17.5 Å². The van der Waals surface area contributed by atoms with Gasteiger partial charge in [-0.15, -0.1) is 11.3 Å². The number of nitrogen functional groups attached to an aromatic ring is 1. The van der Waals surface area contributed by atoms with Crippen molar-refractivity contribution in [2.75, 3.05) is 5.73 Å². The molecule has 104 valence electrons. The lowest BCUT2D eigenvalue weighted by atomic mass is 10.3. The summed E-state index contributed by atoms with van der Waals surface area (Å²) in [5.41, 5.74) is 6.19. The summed E-state index contributed by atoms with van der Waals surface area (Å²) in [6, 6.07) is 3.47. The van der Waals surface area contributed by atoms with Crippen molar-refractivity contribution in [2.45, 2.75) is 24.8 Å². The number of hydrogen-bond donors (Lipinski definition) is 2. The Morgan fingerprint density at radius 3 is 2.68 bits per heavy atom. The Morgan fingerprint density at radius 1 is 1.53 bits per heavy atom. The molecule has 0 saturated heterocycles. The van der Waals surface area contributed by atoms with E-state index in [-0.39, 0.29) is 16.8 Å². The van der Waals surface area contributed by atoms with E-state index < -0.39 is 10.0 Å². The first kappa shape index (κ1) is 14.0. The van der Waals surface area contributed by atoms with E-state index >= 15 is 0 Å². The van der Waals surface area contributed by atoms with Crippen LogP contribution in [0.3, 0.4) is 0 Å². The van der Waals surface area contributed by atoms with E-state index in [1.165, 1.54) is 16.0 Å². The van der Waals surface area contributed by atoms with Gasteiger partial charge in [0.1, 0.15) is 4.90 Å². The summed E-state index contributed by atoms with van der Waals surface area (Å²) in [6.45, 7) is 3.47. The first-order valence-electron chi connectivity index (χ1n) is 5.67. The summed E-state index contributed by atoms with van der Waals surface area (Å²) in [5.74, 6) is 0.0193. The lowest BCUT2D eigenvalue weighted by Gasteiger charge is -2.12. The molecular weight excluding hydrogens is 284 g/mol. The Hall–Kier alpha value is -1.38. The molecule has 0 fully saturated rings. The van der Waals surface area contributed by atoms with Crippen LogP contribution in [-0.2, 0) is 17.1 Å². The van der Waals surface area contributed by atoms with Gasteiger partial charge in [-0.1, -0.05) is 6.07 Å². The number of aryl methyl sites for hydroxylation is 1. The Bertz CT molecular complexity index is 674. The minimum absolute atomic E-state index is 0.0193. The molecule has 0 amide bonds. The standard InChI is InChI=1S/C11H16N4O2S2/c1-7(9-5-4-6-18-9)14-19(16,17)10-8(2)15(3)13-11(10)12/h4-7,14H,1-3H3,(H2,12,13). The SMILES string of the molecule is Cc1c(S(=O)(=O)NC(C)c2cccs2)c(N)nn1C. The summed E-state index contributed by atoms with van der Waals surface area (Å²) >= 11 is 1.50. The molecule has 0 saturated carbocycles. The Morgan fingerprint density at radius 2 is 2.21 bits per heavy atom. The Balaban J connectivity index is 2.33. The molecule has 8 heteroatoms. The van der Waals surface area contributed by atoms with Crippen molar-refractivity contribution < 1.29 is 8.42 Å². The summed E-state index contributed by atoms with van der Waals surface area (Å²) < 4.78 is 28.8. The third kappa shape index (κ3) is 2.65. The number of nitrogens with zero attached hydrogens (tertiary/aromatic N) is 2. The number of nitrogens with two attached hydrogens (primary N) is 1. The van der Waals surface area contributed by atoms with Gasteiger partial charge in [0.15, 0.2) is 5.82 Å². The molecule has 2 aromatic rings. The molecule has 1 unspecified atom stereocenters. The minimum atomic E-state index is -3.68. The van der Waals surface area contributed by atoms with Gasteiger partial charge in [-0.3, -0.25) is 4.68 Å². The third-order valence-corrected chi connectivity index (χ3v) is 5.64. The fraction of sp³-hybridized carbons (Fsp3) is 0.364. The molecule has 0 aliphatic rings. The molecule has 0 bridgehead atoms. The quantitative estimate of drug-likeness (QED) is 0.893. The highest BCUT2D eigenvalue weighted by atomic mass is 32.2. The summed E-state index contributed by atoms with van der Waals surface area (Å²) in [5, 5.41) is 5.83. The second-order valence-electron chi connectivity index (χ2n) is 4.28. The normalized spacial score (nSPS) is 13.6. The van der Waals surface area contributed by atoms with Gasteiger partial charge in [0.2, 0.25) is 10.0 Å². The highest BCUT2D eigenvalue weighted by Gasteiger charge is 2.26. The predicted molar refractivity (Wildman–Crippen MR) is 75.4 cm³/mol. The lowest BCUT2D eigenvalue weighted by molar-refractivity contribution is 0.568. The monoisotopic (exact) mass is 300 g/mol. The van der Waals surface area contributed by atoms with E-state index in [0.717, 1.165) is 4.88 Å². The number of nitrogens with one attached hydrogen (secondary N) is 1. The smallest absolute Gasteiger partial charge is 0.246 e. The number of hydrogen-bond acceptors (Lipinski definition) is 5. The van der Waals surface area contributed by atoms with Crippen molar-refractivity contribution in [2.24, 2.45) is 7.05 Å². The molecule has 2 heterocycles. The molecule has 0 radical (unpaired) electrons. The zero-order valence-corrected chi connectivity index (χ0v) is 12.5. The fourth-order valence-corrected chi connectivity index (χ4v) is 4.19. The average Bonchev–Trinajstić information content (AvgIpc) is 2.87. The topological polar surface area (TPSA) is 90.0 Å². The van der Waals surface area contributed by atoms with Crippen LogP contribution in [0.4, 0.5) is 5.82 Å². The number of sulfonamides is 1. The van der Waals surface area contributed by atoms with Gasteiger partial charge in [0, 0.05) is 11.9 Å². The highest BCUT2D eigenvalue weighted by Crippen LogP contribution is 2.25. The van der Waals surface area contributed by atoms with Crippen LogP contribution in [0.1, 0.15) is 23.5 Å². The maximum absolute atomic E-state index is 12.4. The van der Waals surface area contributed by atoms with Crippen LogP contribution in [0.5, 0.6) is 0 Å². The number of thiophene rings is 1. The fourth-order valence-electron chi connectivity index (χ4n) is 1.83. The summed E-state index contributed by atoms with van der Waals surface area (Å²) in [4.78, 5) is 1.00. The van der Waals surface area contributed by atoms with Gasteiger partial charge >= 0.3 is 0 Å². The van der Waals surface area contributed by atoms with Crippen LogP contribution in [-0.4, -0.2) is 18.2 Å². The van der Waals surface area contributed by atoms with Crippen molar-refractivity contribution >= 4 is 27.2 Å². The van der Waals surface area contributed by atoms with E-state index in [9.17, 15) is 8.42 Å². The van der Waals surface area contributed by atoms with Crippen molar-refractivity contribution in [3.8, 4) is 0 Å². The van der Waals surface area contributed by atoms with Crippen LogP contribution >= 0.6 is 11.3 Å². The van der Waals surface area contributed by atoms with Gasteiger partial charge in [-0.05, 0) is 25.3 Å². The molecule has 2 aromatic heterocycles. The molecule has 6 nitrogen and oxygen atoms in total. The molecule has 0 aliphatic heterocycles. The summed E-state index contributed by atoms with van der Waals surface area (Å²) in [7, 11) is -2.02. The Labute approximate surface area is 116 Å². The summed E-state index contributed by atoms with van der Waals surface area (Å²) in [6.07, 6.45) is 0. The Kier molecular flexibility index (Phi) is 3.66. The van der Waals surface area contributed by atoms with Crippen molar-refractivity contribution in [1.29, 1.82) is 0 Å². The maximum atomic E-state index is 12.4. The molecular formula is C11H16N4O2S2. The number of anilines is 1.